The maximum Gasteiger partial charge on any atom is 0.307 e. The van der Waals surface area contributed by atoms with Gasteiger partial charge in [0, 0.05) is 0 Å². The summed E-state index contributed by atoms with van der Waals surface area (Å²) in [5, 5.41) is 10.6. The first-order valence-electron chi connectivity index (χ1n) is 5.36. The first kappa shape index (κ1) is 13.0. The molecule has 0 fully saturated rings. The van der Waals surface area contributed by atoms with Crippen LogP contribution in [0.15, 0.2) is 46.0 Å². The van der Waals surface area contributed by atoms with Crippen LogP contribution in [0.5, 0.6) is 0 Å². The van der Waals surface area contributed by atoms with Crippen molar-refractivity contribution in [3.05, 3.63) is 52.9 Å². The maximum absolute atomic E-state index is 12.0. The molecule has 0 aliphatic carbocycles. The van der Waals surface area contributed by atoms with Crippen molar-refractivity contribution in [1.29, 1.82) is 0 Å². The molecule has 18 heavy (non-hydrogen) atoms. The Labute approximate surface area is 112 Å². The molecule has 1 heterocycles. The minimum atomic E-state index is -1.02. The van der Waals surface area contributed by atoms with Crippen LogP contribution in [0.4, 0.5) is 0 Å². The van der Waals surface area contributed by atoms with E-state index >= 15 is 0 Å². The van der Waals surface area contributed by atoms with E-state index in [1.165, 1.54) is 11.3 Å². The van der Waals surface area contributed by atoms with Gasteiger partial charge in [-0.2, -0.15) is 0 Å². The van der Waals surface area contributed by atoms with Gasteiger partial charge in [-0.25, -0.2) is 0 Å². The zero-order valence-corrected chi connectivity index (χ0v) is 11.2. The fourth-order valence-electron chi connectivity index (χ4n) is 1.54. The molecule has 2 rings (SSSR count). The van der Waals surface area contributed by atoms with Crippen LogP contribution in [-0.4, -0.2) is 15.3 Å². The highest BCUT2D eigenvalue weighted by atomic mass is 32.2. The normalized spacial score (nSPS) is 12.2. The summed E-state index contributed by atoms with van der Waals surface area (Å²) in [7, 11) is -1.02. The molecule has 0 saturated heterocycles. The molecular formula is C13H12O3S2. The summed E-state index contributed by atoms with van der Waals surface area (Å²) in [5.74, 6) is -0.377. The molecule has 0 aliphatic heterocycles. The molecule has 0 bridgehead atoms. The fourth-order valence-corrected chi connectivity index (χ4v) is 3.63. The predicted molar refractivity (Wildman–Crippen MR) is 72.2 cm³/mol. The molecular weight excluding hydrogens is 268 g/mol. The molecule has 0 spiro atoms. The van der Waals surface area contributed by atoms with E-state index in [0.29, 0.717) is 5.75 Å². The Bertz CT molecular complexity index is 544. The maximum atomic E-state index is 12.0. The van der Waals surface area contributed by atoms with E-state index in [1.54, 1.807) is 12.1 Å². The van der Waals surface area contributed by atoms with E-state index in [9.17, 15) is 9.00 Å². The van der Waals surface area contributed by atoms with Gasteiger partial charge in [-0.15, -0.1) is 11.3 Å². The number of aliphatic carboxylic acids is 1. The molecule has 1 N–H and O–H groups in total. The number of carboxylic acid groups (broad SMARTS) is 1. The van der Waals surface area contributed by atoms with E-state index in [-0.39, 0.29) is 6.42 Å². The van der Waals surface area contributed by atoms with Gasteiger partial charge in [0.1, 0.15) is 0 Å². The van der Waals surface area contributed by atoms with Crippen LogP contribution in [0.25, 0.3) is 0 Å². The van der Waals surface area contributed by atoms with Crippen LogP contribution in [0.3, 0.4) is 0 Å². The van der Waals surface area contributed by atoms with Gasteiger partial charge in [-0.05, 0) is 22.6 Å². The van der Waals surface area contributed by atoms with Gasteiger partial charge in [-0.3, -0.25) is 9.00 Å². The van der Waals surface area contributed by atoms with Crippen molar-refractivity contribution in [2.45, 2.75) is 16.4 Å². The van der Waals surface area contributed by atoms with E-state index < -0.39 is 16.8 Å². The molecule has 0 radical (unpaired) electrons. The van der Waals surface area contributed by atoms with Crippen LogP contribution >= 0.6 is 11.3 Å². The Balaban J connectivity index is 2.02. The quantitative estimate of drug-likeness (QED) is 0.916. The third-order valence-electron chi connectivity index (χ3n) is 2.40. The summed E-state index contributed by atoms with van der Waals surface area (Å²) in [6.45, 7) is 0. The van der Waals surface area contributed by atoms with Crippen molar-refractivity contribution >= 4 is 28.1 Å². The fraction of sp³-hybridized carbons (Fsp3) is 0.154. The lowest BCUT2D eigenvalue weighted by Crippen LogP contribution is -2.00. The first-order chi connectivity index (χ1) is 8.65. The number of benzene rings is 1. The van der Waals surface area contributed by atoms with Gasteiger partial charge in [-0.1, -0.05) is 30.3 Å². The Morgan fingerprint density at radius 3 is 2.39 bits per heavy atom. The summed E-state index contributed by atoms with van der Waals surface area (Å²) >= 11 is 1.48. The second kappa shape index (κ2) is 5.93. The smallest absolute Gasteiger partial charge is 0.307 e. The Morgan fingerprint density at radius 1 is 1.17 bits per heavy atom. The SMILES string of the molecule is O=C(O)Cc1ccc(CS(=O)c2cccs2)cc1. The zero-order valence-electron chi connectivity index (χ0n) is 9.54. The molecule has 0 saturated carbocycles. The number of rotatable bonds is 5. The van der Waals surface area contributed by atoms with Crippen molar-refractivity contribution in [1.82, 2.24) is 0 Å². The monoisotopic (exact) mass is 280 g/mol. The summed E-state index contributed by atoms with van der Waals surface area (Å²) in [5.41, 5.74) is 1.71. The number of hydrogen-bond acceptors (Lipinski definition) is 3. The molecule has 0 aliphatic rings. The van der Waals surface area contributed by atoms with Gasteiger partial charge in [0.05, 0.1) is 27.2 Å². The lowest BCUT2D eigenvalue weighted by atomic mass is 10.1. The van der Waals surface area contributed by atoms with Crippen LogP contribution < -0.4 is 0 Å². The highest BCUT2D eigenvalue weighted by Gasteiger charge is 2.06. The minimum absolute atomic E-state index is 0.0221. The average molecular weight is 280 g/mol. The highest BCUT2D eigenvalue weighted by Crippen LogP contribution is 2.17. The predicted octanol–water partition coefficient (Wildman–Crippen LogP) is 2.68. The van der Waals surface area contributed by atoms with Gasteiger partial charge >= 0.3 is 5.97 Å². The lowest BCUT2D eigenvalue weighted by Gasteiger charge is -2.02. The number of carboxylic acids is 1. The van der Waals surface area contributed by atoms with Crippen LogP contribution in [-0.2, 0) is 27.8 Å². The van der Waals surface area contributed by atoms with Gasteiger partial charge < -0.3 is 5.11 Å². The van der Waals surface area contributed by atoms with Crippen LogP contribution in [0.1, 0.15) is 11.1 Å². The summed E-state index contributed by atoms with van der Waals surface area (Å²) in [6.07, 6.45) is 0.0221. The summed E-state index contributed by atoms with van der Waals surface area (Å²) < 4.78 is 12.8. The second-order valence-electron chi connectivity index (χ2n) is 3.81. The van der Waals surface area contributed by atoms with Gasteiger partial charge in [0.25, 0.3) is 0 Å². The topological polar surface area (TPSA) is 54.4 Å². The van der Waals surface area contributed by atoms with Crippen molar-refractivity contribution in [2.24, 2.45) is 0 Å². The third kappa shape index (κ3) is 3.51. The van der Waals surface area contributed by atoms with Crippen LogP contribution in [0.2, 0.25) is 0 Å². The molecule has 2 aromatic rings. The standard InChI is InChI=1S/C13H12O3S2/c14-12(15)8-10-3-5-11(6-4-10)9-18(16)13-2-1-7-17-13/h1-7H,8-9H2,(H,14,15). The molecule has 94 valence electrons. The van der Waals surface area contributed by atoms with Crippen molar-refractivity contribution in [3.8, 4) is 0 Å². The van der Waals surface area contributed by atoms with Crippen molar-refractivity contribution in [3.63, 3.8) is 0 Å². The number of carbonyl (C=O) groups is 1. The van der Waals surface area contributed by atoms with E-state index in [4.69, 9.17) is 5.11 Å². The molecule has 1 unspecified atom stereocenters. The first-order valence-corrected chi connectivity index (χ1v) is 7.56. The minimum Gasteiger partial charge on any atom is -0.481 e. The molecule has 3 nitrogen and oxygen atoms in total. The summed E-state index contributed by atoms with van der Waals surface area (Å²) in [6, 6.07) is 11.0. The van der Waals surface area contributed by atoms with Gasteiger partial charge in [0.15, 0.2) is 0 Å². The molecule has 1 atom stereocenters. The lowest BCUT2D eigenvalue weighted by molar-refractivity contribution is -0.136. The molecule has 5 heteroatoms. The highest BCUT2D eigenvalue weighted by molar-refractivity contribution is 7.86. The van der Waals surface area contributed by atoms with Gasteiger partial charge in [0.2, 0.25) is 0 Å². The van der Waals surface area contributed by atoms with E-state index in [0.717, 1.165) is 15.3 Å². The van der Waals surface area contributed by atoms with Crippen molar-refractivity contribution < 1.29 is 14.1 Å². The Morgan fingerprint density at radius 2 is 1.83 bits per heavy atom. The summed E-state index contributed by atoms with van der Waals surface area (Å²) in [4.78, 5) is 10.5. The molecule has 1 aromatic carbocycles. The Kier molecular flexibility index (Phi) is 4.28. The van der Waals surface area contributed by atoms with Crippen molar-refractivity contribution in [2.75, 3.05) is 0 Å². The van der Waals surface area contributed by atoms with E-state index in [2.05, 4.69) is 0 Å². The van der Waals surface area contributed by atoms with Crippen LogP contribution in [0, 0.1) is 0 Å². The Hall–Kier alpha value is -1.46. The number of thiophene rings is 1. The molecule has 1 aromatic heterocycles. The zero-order chi connectivity index (χ0) is 13.0. The second-order valence-corrected chi connectivity index (χ2v) is 6.43. The largest absolute Gasteiger partial charge is 0.481 e. The average Bonchev–Trinajstić information content (AvgIpc) is 2.84. The third-order valence-corrected chi connectivity index (χ3v) is 5.08. The number of hydrogen-bond donors (Lipinski definition) is 1. The van der Waals surface area contributed by atoms with E-state index in [1.807, 2.05) is 29.6 Å². The molecule has 0 amide bonds.